The number of rotatable bonds is 4. The number of benzene rings is 1. The summed E-state index contributed by atoms with van der Waals surface area (Å²) in [6.45, 7) is 5.14. The average Bonchev–Trinajstić information content (AvgIpc) is 2.76. The van der Waals surface area contributed by atoms with Crippen LogP contribution in [0.3, 0.4) is 0 Å². The lowest BCUT2D eigenvalue weighted by molar-refractivity contribution is 0.0725. The molecule has 0 bridgehead atoms. The molecule has 3 unspecified atom stereocenters. The third kappa shape index (κ3) is 2.85. The van der Waals surface area contributed by atoms with E-state index in [0.29, 0.717) is 5.92 Å². The lowest BCUT2D eigenvalue weighted by Gasteiger charge is -2.23. The number of ether oxygens (including phenoxy) is 2. The zero-order valence-corrected chi connectivity index (χ0v) is 11.5. The highest BCUT2D eigenvalue weighted by molar-refractivity contribution is 5.37. The topological polar surface area (TPSA) is 44.5 Å². The summed E-state index contributed by atoms with van der Waals surface area (Å²) < 4.78 is 11.1. The van der Waals surface area contributed by atoms with Crippen molar-refractivity contribution in [2.45, 2.75) is 38.8 Å². The summed E-state index contributed by atoms with van der Waals surface area (Å²) in [5.41, 5.74) is 8.70. The highest BCUT2D eigenvalue weighted by Gasteiger charge is 2.30. The van der Waals surface area contributed by atoms with E-state index in [1.54, 1.807) is 7.11 Å². The molecule has 1 aliphatic rings. The minimum absolute atomic E-state index is 0.0400. The van der Waals surface area contributed by atoms with Crippen molar-refractivity contribution in [1.82, 2.24) is 0 Å². The van der Waals surface area contributed by atoms with Crippen LogP contribution in [0.4, 0.5) is 0 Å². The number of aryl methyl sites for hydroxylation is 1. The summed E-state index contributed by atoms with van der Waals surface area (Å²) in [5.74, 6) is 1.47. The Morgan fingerprint density at radius 3 is 2.89 bits per heavy atom. The maximum Gasteiger partial charge on any atom is 0.122 e. The van der Waals surface area contributed by atoms with Gasteiger partial charge in [0.1, 0.15) is 5.75 Å². The molecule has 1 aromatic carbocycles. The van der Waals surface area contributed by atoms with Crippen LogP contribution in [-0.2, 0) is 11.2 Å². The largest absolute Gasteiger partial charge is 0.496 e. The van der Waals surface area contributed by atoms with Gasteiger partial charge in [0, 0.05) is 12.6 Å². The Morgan fingerprint density at radius 1 is 1.50 bits per heavy atom. The molecule has 1 aliphatic heterocycles. The van der Waals surface area contributed by atoms with Gasteiger partial charge in [-0.05, 0) is 37.3 Å². The second kappa shape index (κ2) is 5.72. The van der Waals surface area contributed by atoms with E-state index in [-0.39, 0.29) is 12.1 Å². The first kappa shape index (κ1) is 13.4. The van der Waals surface area contributed by atoms with Crippen LogP contribution >= 0.6 is 0 Å². The normalized spacial score (nSPS) is 25.1. The van der Waals surface area contributed by atoms with Gasteiger partial charge in [-0.2, -0.15) is 0 Å². The fourth-order valence-corrected chi connectivity index (χ4v) is 2.70. The Labute approximate surface area is 109 Å². The van der Waals surface area contributed by atoms with E-state index in [2.05, 4.69) is 26.0 Å². The lowest BCUT2D eigenvalue weighted by Crippen LogP contribution is -2.39. The van der Waals surface area contributed by atoms with Crippen molar-refractivity contribution in [2.75, 3.05) is 13.7 Å². The molecule has 100 valence electrons. The van der Waals surface area contributed by atoms with Gasteiger partial charge < -0.3 is 15.2 Å². The van der Waals surface area contributed by atoms with Crippen LogP contribution in [0.2, 0.25) is 0 Å². The summed E-state index contributed by atoms with van der Waals surface area (Å²) >= 11 is 0. The predicted octanol–water partition coefficient (Wildman–Crippen LogP) is 2.30. The molecule has 0 saturated carbocycles. The predicted molar refractivity (Wildman–Crippen MR) is 72.9 cm³/mol. The highest BCUT2D eigenvalue weighted by Crippen LogP contribution is 2.26. The molecule has 0 aliphatic carbocycles. The van der Waals surface area contributed by atoms with Crippen LogP contribution in [0.25, 0.3) is 0 Å². The van der Waals surface area contributed by atoms with Crippen LogP contribution in [0.1, 0.15) is 24.5 Å². The minimum Gasteiger partial charge on any atom is -0.496 e. The molecule has 0 spiro atoms. The fraction of sp³-hybridized carbons (Fsp3) is 0.600. The molecule has 2 rings (SSSR count). The Hall–Kier alpha value is -1.06. The van der Waals surface area contributed by atoms with Gasteiger partial charge in [-0.15, -0.1) is 0 Å². The van der Waals surface area contributed by atoms with E-state index in [9.17, 15) is 0 Å². The van der Waals surface area contributed by atoms with Crippen LogP contribution in [-0.4, -0.2) is 25.9 Å². The van der Waals surface area contributed by atoms with Crippen molar-refractivity contribution >= 4 is 0 Å². The first-order valence-corrected chi connectivity index (χ1v) is 6.62. The van der Waals surface area contributed by atoms with E-state index in [4.69, 9.17) is 15.2 Å². The Morgan fingerprint density at radius 2 is 2.28 bits per heavy atom. The zero-order valence-electron chi connectivity index (χ0n) is 11.5. The molecule has 3 heteroatoms. The average molecular weight is 249 g/mol. The molecular weight excluding hydrogens is 226 g/mol. The van der Waals surface area contributed by atoms with E-state index in [1.165, 1.54) is 11.1 Å². The van der Waals surface area contributed by atoms with Crippen LogP contribution in [0.5, 0.6) is 5.75 Å². The molecule has 1 saturated heterocycles. The van der Waals surface area contributed by atoms with Crippen molar-refractivity contribution in [3.8, 4) is 5.75 Å². The van der Waals surface area contributed by atoms with Gasteiger partial charge in [-0.3, -0.25) is 0 Å². The number of methoxy groups -OCH3 is 1. The molecule has 3 atom stereocenters. The monoisotopic (exact) mass is 249 g/mol. The van der Waals surface area contributed by atoms with Gasteiger partial charge >= 0.3 is 0 Å². The van der Waals surface area contributed by atoms with Crippen LogP contribution in [0, 0.1) is 12.8 Å². The first-order chi connectivity index (χ1) is 8.61. The van der Waals surface area contributed by atoms with Crippen LogP contribution < -0.4 is 10.5 Å². The molecule has 0 radical (unpaired) electrons. The fourth-order valence-electron chi connectivity index (χ4n) is 2.70. The summed E-state index contributed by atoms with van der Waals surface area (Å²) in [4.78, 5) is 0. The number of nitrogens with two attached hydrogens (primary N) is 1. The standard InChI is InChI=1S/C15H23NO2/c1-10-4-5-14(17-3)12(8-10)9-13(16)15-11(2)6-7-18-15/h4-5,8,11,13,15H,6-7,9,16H2,1-3H3. The molecule has 18 heavy (non-hydrogen) atoms. The van der Waals surface area contributed by atoms with E-state index in [0.717, 1.165) is 25.2 Å². The second-order valence-corrected chi connectivity index (χ2v) is 5.28. The zero-order chi connectivity index (χ0) is 13.1. The van der Waals surface area contributed by atoms with E-state index in [1.807, 2.05) is 6.07 Å². The molecule has 0 aromatic heterocycles. The minimum atomic E-state index is 0.0400. The maximum absolute atomic E-state index is 6.29. The summed E-state index contributed by atoms with van der Waals surface area (Å²) in [7, 11) is 1.70. The Balaban J connectivity index is 2.10. The van der Waals surface area contributed by atoms with Gasteiger partial charge in [0.15, 0.2) is 0 Å². The first-order valence-electron chi connectivity index (χ1n) is 6.62. The Kier molecular flexibility index (Phi) is 4.25. The SMILES string of the molecule is COc1ccc(C)cc1CC(N)C1OCCC1C. The van der Waals surface area contributed by atoms with Gasteiger partial charge in [-0.25, -0.2) is 0 Å². The molecule has 1 heterocycles. The van der Waals surface area contributed by atoms with Gasteiger partial charge in [0.05, 0.1) is 13.2 Å². The summed E-state index contributed by atoms with van der Waals surface area (Å²) in [6, 6.07) is 6.26. The molecule has 1 aromatic rings. The number of hydrogen-bond donors (Lipinski definition) is 1. The Bertz CT molecular complexity index is 405. The quantitative estimate of drug-likeness (QED) is 0.890. The second-order valence-electron chi connectivity index (χ2n) is 5.28. The molecule has 0 amide bonds. The van der Waals surface area contributed by atoms with E-state index < -0.39 is 0 Å². The smallest absolute Gasteiger partial charge is 0.122 e. The van der Waals surface area contributed by atoms with Gasteiger partial charge in [-0.1, -0.05) is 24.6 Å². The van der Waals surface area contributed by atoms with Gasteiger partial charge in [0.2, 0.25) is 0 Å². The summed E-state index contributed by atoms with van der Waals surface area (Å²) in [6.07, 6.45) is 2.10. The van der Waals surface area contributed by atoms with Crippen molar-refractivity contribution in [3.05, 3.63) is 29.3 Å². The molecule has 3 nitrogen and oxygen atoms in total. The van der Waals surface area contributed by atoms with Crippen LogP contribution in [0.15, 0.2) is 18.2 Å². The van der Waals surface area contributed by atoms with Crippen molar-refractivity contribution < 1.29 is 9.47 Å². The van der Waals surface area contributed by atoms with Crippen molar-refractivity contribution in [1.29, 1.82) is 0 Å². The lowest BCUT2D eigenvalue weighted by atomic mass is 9.93. The maximum atomic E-state index is 6.29. The molecule has 2 N–H and O–H groups in total. The number of hydrogen-bond acceptors (Lipinski definition) is 3. The highest BCUT2D eigenvalue weighted by atomic mass is 16.5. The molecule has 1 fully saturated rings. The summed E-state index contributed by atoms with van der Waals surface area (Å²) in [5, 5.41) is 0. The third-order valence-corrected chi connectivity index (χ3v) is 3.76. The third-order valence-electron chi connectivity index (χ3n) is 3.76. The molecular formula is C15H23NO2. The van der Waals surface area contributed by atoms with Crippen molar-refractivity contribution in [2.24, 2.45) is 11.7 Å². The van der Waals surface area contributed by atoms with Gasteiger partial charge in [0.25, 0.3) is 0 Å². The van der Waals surface area contributed by atoms with E-state index >= 15 is 0 Å². The van der Waals surface area contributed by atoms with Crippen molar-refractivity contribution in [3.63, 3.8) is 0 Å².